The Morgan fingerprint density at radius 2 is 2.38 bits per heavy atom. The molecule has 0 amide bonds. The molecular weight excluding hydrogens is 320 g/mol. The molecule has 1 N–H and O–H groups in total. The molecule has 130 valence electrons. The molecule has 1 atom stereocenters. The van der Waals surface area contributed by atoms with Crippen molar-refractivity contribution in [3.8, 4) is 0 Å². The van der Waals surface area contributed by atoms with Gasteiger partial charge in [0.1, 0.15) is 0 Å². The minimum atomic E-state index is 0.551. The van der Waals surface area contributed by atoms with E-state index in [0.29, 0.717) is 5.92 Å². The quantitative estimate of drug-likeness (QED) is 0.512. The number of hydrogen-bond donors (Lipinski definition) is 1. The Hall–Kier alpha value is -1.89. The molecule has 0 aromatic carbocycles. The van der Waals surface area contributed by atoms with Gasteiger partial charge >= 0.3 is 0 Å². The van der Waals surface area contributed by atoms with Gasteiger partial charge < -0.3 is 10.2 Å². The SMILES string of the molecule is CN=C(NCCCc1nc(C)cs1)N1CCC(c2cnn(C)c2)C1. The monoisotopic (exact) mass is 346 g/mol. The second-order valence-electron chi connectivity index (χ2n) is 6.34. The number of aromatic nitrogens is 3. The van der Waals surface area contributed by atoms with Crippen molar-refractivity contribution in [2.45, 2.75) is 32.1 Å². The smallest absolute Gasteiger partial charge is 0.193 e. The van der Waals surface area contributed by atoms with Crippen LogP contribution in [0.5, 0.6) is 0 Å². The van der Waals surface area contributed by atoms with Crippen molar-refractivity contribution in [1.82, 2.24) is 25.0 Å². The second kappa shape index (κ2) is 7.79. The summed E-state index contributed by atoms with van der Waals surface area (Å²) in [5.74, 6) is 1.56. The molecule has 0 aliphatic carbocycles. The first kappa shape index (κ1) is 17.0. The summed E-state index contributed by atoms with van der Waals surface area (Å²) in [6.45, 7) is 5.04. The van der Waals surface area contributed by atoms with Gasteiger partial charge in [0, 0.05) is 63.3 Å². The summed E-state index contributed by atoms with van der Waals surface area (Å²) in [5, 5.41) is 11.1. The maximum absolute atomic E-state index is 4.51. The number of hydrogen-bond acceptors (Lipinski definition) is 4. The van der Waals surface area contributed by atoms with Crippen molar-refractivity contribution >= 4 is 17.3 Å². The van der Waals surface area contributed by atoms with E-state index in [2.05, 4.69) is 36.9 Å². The predicted octanol–water partition coefficient (Wildman–Crippen LogP) is 2.18. The normalized spacial score (nSPS) is 18.4. The summed E-state index contributed by atoms with van der Waals surface area (Å²) >= 11 is 1.75. The molecular formula is C17H26N6S. The van der Waals surface area contributed by atoms with Crippen LogP contribution in [-0.4, -0.2) is 52.3 Å². The van der Waals surface area contributed by atoms with Gasteiger partial charge in [0.25, 0.3) is 0 Å². The first-order valence-electron chi connectivity index (χ1n) is 8.51. The molecule has 0 saturated carbocycles. The fourth-order valence-electron chi connectivity index (χ4n) is 3.17. The number of thiazole rings is 1. The molecule has 2 aromatic heterocycles. The summed E-state index contributed by atoms with van der Waals surface area (Å²) in [7, 11) is 3.84. The van der Waals surface area contributed by atoms with E-state index in [1.54, 1.807) is 11.3 Å². The summed E-state index contributed by atoms with van der Waals surface area (Å²) in [5.41, 5.74) is 2.45. The molecule has 0 radical (unpaired) electrons. The Balaban J connectivity index is 1.45. The maximum Gasteiger partial charge on any atom is 0.193 e. The highest BCUT2D eigenvalue weighted by molar-refractivity contribution is 7.09. The van der Waals surface area contributed by atoms with Crippen LogP contribution in [0.15, 0.2) is 22.8 Å². The van der Waals surface area contributed by atoms with Crippen LogP contribution in [0, 0.1) is 6.92 Å². The lowest BCUT2D eigenvalue weighted by Gasteiger charge is -2.21. The molecule has 3 heterocycles. The minimum Gasteiger partial charge on any atom is -0.356 e. The van der Waals surface area contributed by atoms with Gasteiger partial charge in [-0.25, -0.2) is 4.98 Å². The molecule has 1 aliphatic rings. The average molecular weight is 347 g/mol. The van der Waals surface area contributed by atoms with Gasteiger partial charge in [-0.05, 0) is 25.3 Å². The van der Waals surface area contributed by atoms with Crippen molar-refractivity contribution in [2.24, 2.45) is 12.0 Å². The van der Waals surface area contributed by atoms with Crippen molar-refractivity contribution in [1.29, 1.82) is 0 Å². The molecule has 1 aliphatic heterocycles. The summed E-state index contributed by atoms with van der Waals surface area (Å²) < 4.78 is 1.88. The largest absolute Gasteiger partial charge is 0.356 e. The van der Waals surface area contributed by atoms with Crippen molar-refractivity contribution in [2.75, 3.05) is 26.7 Å². The van der Waals surface area contributed by atoms with E-state index in [0.717, 1.165) is 50.6 Å². The average Bonchev–Trinajstić information content (AvgIpc) is 3.29. The number of aryl methyl sites for hydroxylation is 3. The topological polar surface area (TPSA) is 58.3 Å². The molecule has 1 unspecified atom stereocenters. The molecule has 1 saturated heterocycles. The number of rotatable bonds is 5. The van der Waals surface area contributed by atoms with E-state index in [9.17, 15) is 0 Å². The molecule has 0 spiro atoms. The van der Waals surface area contributed by atoms with E-state index in [-0.39, 0.29) is 0 Å². The molecule has 2 aromatic rings. The van der Waals surface area contributed by atoms with Gasteiger partial charge in [0.2, 0.25) is 0 Å². The van der Waals surface area contributed by atoms with Gasteiger partial charge in [0.05, 0.1) is 11.2 Å². The van der Waals surface area contributed by atoms with Gasteiger partial charge in [0.15, 0.2) is 5.96 Å². The molecule has 1 fully saturated rings. The van der Waals surface area contributed by atoms with Crippen LogP contribution in [-0.2, 0) is 13.5 Å². The number of likely N-dealkylation sites (tertiary alicyclic amines) is 1. The Morgan fingerprint density at radius 3 is 3.04 bits per heavy atom. The number of nitrogens with zero attached hydrogens (tertiary/aromatic N) is 5. The third kappa shape index (κ3) is 4.14. The highest BCUT2D eigenvalue weighted by Gasteiger charge is 2.26. The van der Waals surface area contributed by atoms with Crippen LogP contribution in [0.2, 0.25) is 0 Å². The van der Waals surface area contributed by atoms with E-state index in [1.165, 1.54) is 10.6 Å². The first-order chi connectivity index (χ1) is 11.7. The molecule has 6 nitrogen and oxygen atoms in total. The zero-order valence-electron chi connectivity index (χ0n) is 14.7. The Bertz CT molecular complexity index is 689. The molecule has 0 bridgehead atoms. The van der Waals surface area contributed by atoms with Crippen LogP contribution in [0.4, 0.5) is 0 Å². The van der Waals surface area contributed by atoms with E-state index < -0.39 is 0 Å². The van der Waals surface area contributed by atoms with E-state index >= 15 is 0 Å². The fraction of sp³-hybridized carbons (Fsp3) is 0.588. The van der Waals surface area contributed by atoms with E-state index in [1.807, 2.05) is 31.9 Å². The molecule has 7 heteroatoms. The van der Waals surface area contributed by atoms with E-state index in [4.69, 9.17) is 0 Å². The standard InChI is InChI=1S/C17H26N6S/c1-13-12-24-16(21-13)5-4-7-19-17(18-2)23-8-6-14(11-23)15-9-20-22(3)10-15/h9-10,12,14H,4-8,11H2,1-3H3,(H,18,19). The molecule has 3 rings (SSSR count). The third-order valence-electron chi connectivity index (χ3n) is 4.41. The number of aliphatic imine (C=N–C) groups is 1. The van der Waals surface area contributed by atoms with Crippen LogP contribution in [0.25, 0.3) is 0 Å². The summed E-state index contributed by atoms with van der Waals surface area (Å²) in [6.07, 6.45) is 7.37. The lowest BCUT2D eigenvalue weighted by molar-refractivity contribution is 0.485. The third-order valence-corrected chi connectivity index (χ3v) is 5.44. The fourth-order valence-corrected chi connectivity index (χ4v) is 3.98. The highest BCUT2D eigenvalue weighted by atomic mass is 32.1. The summed E-state index contributed by atoms with van der Waals surface area (Å²) in [4.78, 5) is 11.3. The zero-order valence-corrected chi connectivity index (χ0v) is 15.5. The van der Waals surface area contributed by atoms with Gasteiger partial charge in [-0.3, -0.25) is 9.67 Å². The lowest BCUT2D eigenvalue weighted by atomic mass is 10.0. The van der Waals surface area contributed by atoms with Crippen LogP contribution < -0.4 is 5.32 Å². The maximum atomic E-state index is 4.51. The summed E-state index contributed by atoms with van der Waals surface area (Å²) in [6, 6.07) is 0. The van der Waals surface area contributed by atoms with Crippen molar-refractivity contribution < 1.29 is 0 Å². The van der Waals surface area contributed by atoms with Gasteiger partial charge in [-0.15, -0.1) is 11.3 Å². The first-order valence-corrected chi connectivity index (χ1v) is 9.39. The predicted molar refractivity (Wildman–Crippen MR) is 98.7 cm³/mol. The molecule has 24 heavy (non-hydrogen) atoms. The second-order valence-corrected chi connectivity index (χ2v) is 7.28. The van der Waals surface area contributed by atoms with Gasteiger partial charge in [-0.2, -0.15) is 5.10 Å². The van der Waals surface area contributed by atoms with Crippen LogP contribution >= 0.6 is 11.3 Å². The highest BCUT2D eigenvalue weighted by Crippen LogP contribution is 2.26. The van der Waals surface area contributed by atoms with Crippen molar-refractivity contribution in [3.63, 3.8) is 0 Å². The van der Waals surface area contributed by atoms with Crippen molar-refractivity contribution in [3.05, 3.63) is 34.0 Å². The van der Waals surface area contributed by atoms with Crippen LogP contribution in [0.3, 0.4) is 0 Å². The van der Waals surface area contributed by atoms with Gasteiger partial charge in [-0.1, -0.05) is 0 Å². The Morgan fingerprint density at radius 1 is 1.50 bits per heavy atom. The Labute approximate surface area is 147 Å². The minimum absolute atomic E-state index is 0.551. The van der Waals surface area contributed by atoms with Crippen LogP contribution in [0.1, 0.15) is 35.0 Å². The zero-order chi connectivity index (χ0) is 16.9. The Kier molecular flexibility index (Phi) is 5.50. The number of guanidine groups is 1. The number of nitrogens with one attached hydrogen (secondary N) is 1. The lowest BCUT2D eigenvalue weighted by Crippen LogP contribution is -2.40.